The summed E-state index contributed by atoms with van der Waals surface area (Å²) in [7, 11) is 0. The Morgan fingerprint density at radius 2 is 1.86 bits per heavy atom. The van der Waals surface area contributed by atoms with E-state index in [1.54, 1.807) is 23.1 Å². The Morgan fingerprint density at radius 3 is 2.63 bits per heavy atom. The average Bonchev–Trinajstić information content (AvgIpc) is 3.54. The number of benzene rings is 3. The van der Waals surface area contributed by atoms with Gasteiger partial charge >= 0.3 is 0 Å². The Balaban J connectivity index is 1.38. The average molecular weight is 621 g/mol. The number of rotatable bonds is 10. The van der Waals surface area contributed by atoms with Gasteiger partial charge in [0.25, 0.3) is 0 Å². The summed E-state index contributed by atoms with van der Waals surface area (Å²) >= 11 is 7.57. The maximum absolute atomic E-state index is 14.5. The number of nitrogens with zero attached hydrogens (tertiary/aromatic N) is 2. The zero-order chi connectivity index (χ0) is 29.8. The molecule has 3 heterocycles. The quantitative estimate of drug-likeness (QED) is 0.219. The first kappa shape index (κ1) is 29.7. The molecule has 3 aromatic carbocycles. The summed E-state index contributed by atoms with van der Waals surface area (Å²) in [4.78, 5) is 36.7. The molecule has 0 saturated carbocycles. The number of likely N-dealkylation sites (tertiary alicyclic amines) is 1. The van der Waals surface area contributed by atoms with E-state index in [4.69, 9.17) is 16.3 Å². The molecule has 0 aliphatic carbocycles. The Morgan fingerprint density at radius 1 is 1.09 bits per heavy atom. The zero-order valence-electron chi connectivity index (χ0n) is 23.7. The first-order valence-corrected chi connectivity index (χ1v) is 15.8. The number of aromatic amines is 1. The zero-order valence-corrected chi connectivity index (χ0v) is 25.3. The molecular formula is C33H34ClFN4O3S. The molecule has 43 heavy (non-hydrogen) atoms. The molecule has 10 heteroatoms. The van der Waals surface area contributed by atoms with E-state index in [-0.39, 0.29) is 24.1 Å². The summed E-state index contributed by atoms with van der Waals surface area (Å²) in [6.07, 6.45) is 2.62. The van der Waals surface area contributed by atoms with E-state index in [1.807, 2.05) is 48.7 Å². The van der Waals surface area contributed by atoms with Crippen LogP contribution in [0.2, 0.25) is 5.02 Å². The molecule has 1 unspecified atom stereocenters. The van der Waals surface area contributed by atoms with E-state index in [0.717, 1.165) is 60.7 Å². The van der Waals surface area contributed by atoms with Crippen LogP contribution in [0.25, 0.3) is 10.9 Å². The first-order valence-electron chi connectivity index (χ1n) is 14.6. The van der Waals surface area contributed by atoms with Crippen LogP contribution in [0, 0.1) is 5.82 Å². The van der Waals surface area contributed by atoms with Crippen LogP contribution in [0.4, 0.5) is 4.39 Å². The number of ether oxygens (including phenoxy) is 1. The lowest BCUT2D eigenvalue weighted by Crippen LogP contribution is -2.48. The van der Waals surface area contributed by atoms with Crippen molar-refractivity contribution in [1.82, 2.24) is 20.1 Å². The smallest absolute Gasteiger partial charge is 0.239 e. The van der Waals surface area contributed by atoms with E-state index in [2.05, 4.69) is 15.2 Å². The number of halogens is 2. The van der Waals surface area contributed by atoms with Crippen LogP contribution in [0.15, 0.2) is 83.9 Å². The van der Waals surface area contributed by atoms with Gasteiger partial charge in [-0.25, -0.2) is 4.39 Å². The van der Waals surface area contributed by atoms with E-state index in [9.17, 15) is 14.0 Å². The second kappa shape index (κ2) is 13.1. The summed E-state index contributed by atoms with van der Waals surface area (Å²) in [6.45, 7) is 4.89. The number of hydrogen-bond donors (Lipinski definition) is 2. The Hall–Kier alpha value is -3.37. The highest BCUT2D eigenvalue weighted by Gasteiger charge is 2.58. The standard InChI is InChI=1S/C33H34ClFN4O3S/c34-24-9-7-23(8-10-24)22-39-30(40)20-33(43-26-5-2-1-3-6-26,32(41)36-13-4-14-38-15-17-42-18-16-38)31(39)28-21-37-29-19-25(35)11-12-27(28)29/h1-3,5-12,19,21,31,37H,4,13-18,20,22H2,(H,36,41)/t31-,33?/m0/s1. The van der Waals surface area contributed by atoms with Crippen LogP contribution in [-0.4, -0.2) is 70.7 Å². The summed E-state index contributed by atoms with van der Waals surface area (Å²) in [5.41, 5.74) is 2.30. The maximum Gasteiger partial charge on any atom is 0.239 e. The third-order valence-electron chi connectivity index (χ3n) is 8.19. The van der Waals surface area contributed by atoms with E-state index >= 15 is 0 Å². The highest BCUT2D eigenvalue weighted by atomic mass is 35.5. The largest absolute Gasteiger partial charge is 0.379 e. The Bertz CT molecular complexity index is 1580. The minimum Gasteiger partial charge on any atom is -0.379 e. The SMILES string of the molecule is O=C1CC(Sc2ccccc2)(C(=O)NCCCN2CCOCC2)[C@H](c2c[nH]c3cc(F)ccc23)N1Cc1ccc(Cl)cc1. The van der Waals surface area contributed by atoms with Gasteiger partial charge in [-0.05, 0) is 61.0 Å². The summed E-state index contributed by atoms with van der Waals surface area (Å²) < 4.78 is 18.5. The summed E-state index contributed by atoms with van der Waals surface area (Å²) in [5.74, 6) is -0.663. The van der Waals surface area contributed by atoms with Crippen LogP contribution < -0.4 is 5.32 Å². The molecule has 2 fully saturated rings. The molecule has 6 rings (SSSR count). The van der Waals surface area contributed by atoms with Crippen LogP contribution in [0.3, 0.4) is 0 Å². The normalized spacial score (nSPS) is 21.0. The highest BCUT2D eigenvalue weighted by molar-refractivity contribution is 8.01. The number of thioether (sulfide) groups is 1. The van der Waals surface area contributed by atoms with Crippen molar-refractivity contribution in [3.05, 3.63) is 101 Å². The maximum atomic E-state index is 14.5. The Kier molecular flexibility index (Phi) is 9.04. The van der Waals surface area contributed by atoms with Crippen molar-refractivity contribution in [3.8, 4) is 0 Å². The van der Waals surface area contributed by atoms with Crippen molar-refractivity contribution in [2.24, 2.45) is 0 Å². The first-order chi connectivity index (χ1) is 20.9. The van der Waals surface area contributed by atoms with Gasteiger partial charge < -0.3 is 19.9 Å². The van der Waals surface area contributed by atoms with Gasteiger partial charge in [-0.2, -0.15) is 0 Å². The fourth-order valence-electron chi connectivity index (χ4n) is 6.07. The second-order valence-electron chi connectivity index (χ2n) is 11.0. The molecule has 7 nitrogen and oxygen atoms in total. The second-order valence-corrected chi connectivity index (χ2v) is 12.9. The lowest BCUT2D eigenvalue weighted by Gasteiger charge is -2.36. The van der Waals surface area contributed by atoms with Gasteiger partial charge in [-0.3, -0.25) is 14.5 Å². The van der Waals surface area contributed by atoms with Gasteiger partial charge in [0.2, 0.25) is 11.8 Å². The monoisotopic (exact) mass is 620 g/mol. The number of aromatic nitrogens is 1. The lowest BCUT2D eigenvalue weighted by atomic mass is 9.91. The number of H-pyrrole nitrogens is 1. The summed E-state index contributed by atoms with van der Waals surface area (Å²) in [5, 5.41) is 4.59. The number of nitrogens with one attached hydrogen (secondary N) is 2. The predicted molar refractivity (Wildman–Crippen MR) is 168 cm³/mol. The van der Waals surface area contributed by atoms with E-state index in [1.165, 1.54) is 23.9 Å². The fraction of sp³-hybridized carbons (Fsp3) is 0.333. The van der Waals surface area contributed by atoms with Gasteiger partial charge in [0.1, 0.15) is 10.6 Å². The number of carbonyl (C=O) groups is 2. The number of carbonyl (C=O) groups excluding carboxylic acids is 2. The summed E-state index contributed by atoms with van der Waals surface area (Å²) in [6, 6.07) is 21.1. The molecule has 2 saturated heterocycles. The molecular weight excluding hydrogens is 587 g/mol. The molecule has 2 amide bonds. The molecule has 2 aliphatic rings. The number of amides is 2. The van der Waals surface area contributed by atoms with Gasteiger partial charge in [0, 0.05) is 58.8 Å². The van der Waals surface area contributed by atoms with Crippen LogP contribution in [0.5, 0.6) is 0 Å². The predicted octanol–water partition coefficient (Wildman–Crippen LogP) is 5.80. The minimum absolute atomic E-state index is 0.0218. The van der Waals surface area contributed by atoms with E-state index in [0.29, 0.717) is 23.6 Å². The number of fused-ring (bicyclic) bond motifs is 1. The van der Waals surface area contributed by atoms with Gasteiger partial charge in [-0.15, -0.1) is 11.8 Å². The fourth-order valence-corrected chi connectivity index (χ4v) is 7.64. The number of hydrogen-bond acceptors (Lipinski definition) is 5. The molecule has 2 aliphatic heterocycles. The molecule has 0 bridgehead atoms. The third kappa shape index (κ3) is 6.45. The molecule has 0 spiro atoms. The van der Waals surface area contributed by atoms with Crippen molar-refractivity contribution in [2.45, 2.75) is 35.1 Å². The minimum atomic E-state index is -1.17. The van der Waals surface area contributed by atoms with E-state index < -0.39 is 10.8 Å². The molecule has 2 atom stereocenters. The molecule has 1 aromatic heterocycles. The third-order valence-corrected chi connectivity index (χ3v) is 9.87. The molecule has 0 radical (unpaired) electrons. The van der Waals surface area contributed by atoms with Crippen molar-refractivity contribution < 1.29 is 18.7 Å². The van der Waals surface area contributed by atoms with Crippen molar-refractivity contribution in [3.63, 3.8) is 0 Å². The van der Waals surface area contributed by atoms with Crippen molar-refractivity contribution >= 4 is 46.1 Å². The van der Waals surface area contributed by atoms with Crippen molar-refractivity contribution in [1.29, 1.82) is 0 Å². The van der Waals surface area contributed by atoms with Crippen LogP contribution in [0.1, 0.15) is 30.0 Å². The topological polar surface area (TPSA) is 77.7 Å². The molecule has 224 valence electrons. The number of morpholine rings is 1. The van der Waals surface area contributed by atoms with Gasteiger partial charge in [-0.1, -0.05) is 41.9 Å². The Labute approximate surface area is 259 Å². The highest BCUT2D eigenvalue weighted by Crippen LogP contribution is 2.54. The van der Waals surface area contributed by atoms with Gasteiger partial charge in [0.15, 0.2) is 0 Å². The van der Waals surface area contributed by atoms with Gasteiger partial charge in [0.05, 0.1) is 25.7 Å². The van der Waals surface area contributed by atoms with Crippen LogP contribution >= 0.6 is 23.4 Å². The van der Waals surface area contributed by atoms with Crippen molar-refractivity contribution in [2.75, 3.05) is 39.4 Å². The lowest BCUT2D eigenvalue weighted by molar-refractivity contribution is -0.129. The van der Waals surface area contributed by atoms with Crippen LogP contribution in [-0.2, 0) is 20.9 Å². The molecule has 4 aromatic rings. The molecule has 2 N–H and O–H groups in total.